The molecule has 3 nitrogen and oxygen atoms in total. The van der Waals surface area contributed by atoms with Crippen LogP contribution >= 0.6 is 0 Å². The maximum Gasteiger partial charge on any atom is 0.230 e. The highest BCUT2D eigenvalue weighted by atomic mass is 19.1. The highest BCUT2D eigenvalue weighted by Gasteiger charge is 2.16. The van der Waals surface area contributed by atoms with E-state index in [1.807, 2.05) is 0 Å². The van der Waals surface area contributed by atoms with E-state index in [9.17, 15) is 9.18 Å². The first-order chi connectivity index (χ1) is 7.20. The smallest absolute Gasteiger partial charge is 0.230 e. The largest absolute Gasteiger partial charge is 0.461 e. The standard InChI is InChI=1S/C11H8FNO2/c12-8-4-1-3-7(10(8)13)11(14)9-5-2-6-15-9/h1-6H,13H2. The van der Waals surface area contributed by atoms with Crippen molar-refractivity contribution in [2.24, 2.45) is 0 Å². The zero-order chi connectivity index (χ0) is 10.8. The molecule has 0 bridgehead atoms. The molecular formula is C11H8FNO2. The predicted octanol–water partition coefficient (Wildman–Crippen LogP) is 2.23. The van der Waals surface area contributed by atoms with E-state index in [0.717, 1.165) is 0 Å². The van der Waals surface area contributed by atoms with Crippen molar-refractivity contribution < 1.29 is 13.6 Å². The summed E-state index contributed by atoms with van der Waals surface area (Å²) < 4.78 is 18.0. The van der Waals surface area contributed by atoms with Crippen molar-refractivity contribution in [3.05, 3.63) is 53.7 Å². The molecule has 1 aromatic carbocycles. The molecule has 0 saturated carbocycles. The van der Waals surface area contributed by atoms with Gasteiger partial charge in [0.05, 0.1) is 17.5 Å². The number of ketones is 1. The summed E-state index contributed by atoms with van der Waals surface area (Å²) in [5.41, 5.74) is 5.41. The van der Waals surface area contributed by atoms with Gasteiger partial charge in [-0.3, -0.25) is 4.79 Å². The molecule has 0 saturated heterocycles. The molecule has 0 aliphatic carbocycles. The Hall–Kier alpha value is -2.10. The zero-order valence-electron chi connectivity index (χ0n) is 7.74. The fourth-order valence-corrected chi connectivity index (χ4v) is 1.28. The van der Waals surface area contributed by atoms with Gasteiger partial charge in [0.2, 0.25) is 5.78 Å². The fraction of sp³-hybridized carbons (Fsp3) is 0. The van der Waals surface area contributed by atoms with Crippen LogP contribution in [0.4, 0.5) is 10.1 Å². The van der Waals surface area contributed by atoms with Crippen molar-refractivity contribution in [3.8, 4) is 0 Å². The lowest BCUT2D eigenvalue weighted by molar-refractivity contribution is 0.101. The Kier molecular flexibility index (Phi) is 2.25. The summed E-state index contributed by atoms with van der Waals surface area (Å²) in [5.74, 6) is -0.878. The molecule has 2 N–H and O–H groups in total. The average Bonchev–Trinajstić information content (AvgIpc) is 2.74. The third kappa shape index (κ3) is 1.61. The van der Waals surface area contributed by atoms with Crippen molar-refractivity contribution in [1.82, 2.24) is 0 Å². The summed E-state index contributed by atoms with van der Waals surface area (Å²) >= 11 is 0. The van der Waals surface area contributed by atoms with Gasteiger partial charge in [0.25, 0.3) is 0 Å². The molecule has 0 aliphatic heterocycles. The van der Waals surface area contributed by atoms with E-state index >= 15 is 0 Å². The van der Waals surface area contributed by atoms with E-state index in [1.165, 1.54) is 30.5 Å². The Labute approximate surface area is 85.3 Å². The van der Waals surface area contributed by atoms with E-state index in [1.54, 1.807) is 6.07 Å². The van der Waals surface area contributed by atoms with Crippen LogP contribution in [-0.2, 0) is 0 Å². The molecule has 0 atom stereocenters. The zero-order valence-corrected chi connectivity index (χ0v) is 7.74. The van der Waals surface area contributed by atoms with Crippen molar-refractivity contribution in [3.63, 3.8) is 0 Å². The number of nitrogen functional groups attached to an aromatic ring is 1. The molecular weight excluding hydrogens is 197 g/mol. The molecule has 76 valence electrons. The van der Waals surface area contributed by atoms with Gasteiger partial charge in [0.15, 0.2) is 5.76 Å². The van der Waals surface area contributed by atoms with E-state index in [2.05, 4.69) is 0 Å². The van der Waals surface area contributed by atoms with Crippen molar-refractivity contribution in [2.45, 2.75) is 0 Å². The van der Waals surface area contributed by atoms with Crippen LogP contribution in [0.3, 0.4) is 0 Å². The number of hydrogen-bond donors (Lipinski definition) is 1. The number of anilines is 1. The average molecular weight is 205 g/mol. The predicted molar refractivity (Wildman–Crippen MR) is 53.0 cm³/mol. The Morgan fingerprint density at radius 3 is 2.73 bits per heavy atom. The number of rotatable bonds is 2. The maximum absolute atomic E-state index is 13.1. The second-order valence-electron chi connectivity index (χ2n) is 3.01. The second-order valence-corrected chi connectivity index (χ2v) is 3.01. The lowest BCUT2D eigenvalue weighted by atomic mass is 10.1. The minimum atomic E-state index is -0.604. The third-order valence-electron chi connectivity index (χ3n) is 2.04. The van der Waals surface area contributed by atoms with Crippen LogP contribution in [0.2, 0.25) is 0 Å². The van der Waals surface area contributed by atoms with Crippen LogP contribution in [0.1, 0.15) is 16.1 Å². The summed E-state index contributed by atoms with van der Waals surface area (Å²) in [5, 5.41) is 0. The number of carbonyl (C=O) groups is 1. The van der Waals surface area contributed by atoms with Crippen LogP contribution in [0.25, 0.3) is 0 Å². The normalized spacial score (nSPS) is 10.2. The van der Waals surface area contributed by atoms with Crippen molar-refractivity contribution in [2.75, 3.05) is 5.73 Å². The van der Waals surface area contributed by atoms with Crippen molar-refractivity contribution >= 4 is 11.5 Å². The van der Waals surface area contributed by atoms with Crippen LogP contribution < -0.4 is 5.73 Å². The van der Waals surface area contributed by atoms with Crippen LogP contribution in [0.5, 0.6) is 0 Å². The van der Waals surface area contributed by atoms with Gasteiger partial charge in [0.1, 0.15) is 5.82 Å². The SMILES string of the molecule is Nc1c(F)cccc1C(=O)c1ccco1. The summed E-state index contributed by atoms with van der Waals surface area (Å²) in [6.07, 6.45) is 1.38. The molecule has 15 heavy (non-hydrogen) atoms. The summed E-state index contributed by atoms with van der Waals surface area (Å²) in [4.78, 5) is 11.7. The molecule has 2 rings (SSSR count). The molecule has 4 heteroatoms. The molecule has 0 aliphatic rings. The molecule has 1 aromatic heterocycles. The van der Waals surface area contributed by atoms with Crippen LogP contribution in [-0.4, -0.2) is 5.78 Å². The van der Waals surface area contributed by atoms with E-state index in [0.29, 0.717) is 0 Å². The highest BCUT2D eigenvalue weighted by molar-refractivity contribution is 6.10. The maximum atomic E-state index is 13.1. The minimum absolute atomic E-state index is 0.116. The number of nitrogens with two attached hydrogens (primary N) is 1. The van der Waals surface area contributed by atoms with Gasteiger partial charge in [-0.2, -0.15) is 0 Å². The number of halogens is 1. The number of hydrogen-bond acceptors (Lipinski definition) is 3. The van der Waals surface area contributed by atoms with Crippen LogP contribution in [0, 0.1) is 5.82 Å². The Bertz CT molecular complexity index is 491. The monoisotopic (exact) mass is 205 g/mol. The van der Waals surface area contributed by atoms with Gasteiger partial charge >= 0.3 is 0 Å². The summed E-state index contributed by atoms with van der Waals surface area (Å²) in [6.45, 7) is 0. The number of para-hydroxylation sites is 1. The number of carbonyl (C=O) groups excluding carboxylic acids is 1. The minimum Gasteiger partial charge on any atom is -0.461 e. The molecule has 0 amide bonds. The van der Waals surface area contributed by atoms with Gasteiger partial charge < -0.3 is 10.2 Å². The molecule has 0 fully saturated rings. The van der Waals surface area contributed by atoms with E-state index in [-0.39, 0.29) is 17.0 Å². The first-order valence-corrected chi connectivity index (χ1v) is 4.32. The van der Waals surface area contributed by atoms with Gasteiger partial charge in [-0.25, -0.2) is 4.39 Å². The van der Waals surface area contributed by atoms with Crippen molar-refractivity contribution in [1.29, 1.82) is 0 Å². The first kappa shape index (κ1) is 9.45. The lowest BCUT2D eigenvalue weighted by Gasteiger charge is -2.02. The van der Waals surface area contributed by atoms with E-state index < -0.39 is 11.6 Å². The van der Waals surface area contributed by atoms with Gasteiger partial charge in [0, 0.05) is 0 Å². The molecule has 1 heterocycles. The first-order valence-electron chi connectivity index (χ1n) is 4.32. The topological polar surface area (TPSA) is 56.2 Å². The summed E-state index contributed by atoms with van der Waals surface area (Å²) in [7, 11) is 0. The third-order valence-corrected chi connectivity index (χ3v) is 2.04. The fourth-order valence-electron chi connectivity index (χ4n) is 1.28. The number of benzene rings is 1. The Morgan fingerprint density at radius 2 is 2.07 bits per heavy atom. The molecule has 2 aromatic rings. The van der Waals surface area contributed by atoms with Gasteiger partial charge in [-0.1, -0.05) is 6.07 Å². The Balaban J connectivity index is 2.47. The molecule has 0 radical (unpaired) electrons. The lowest BCUT2D eigenvalue weighted by Crippen LogP contribution is -2.05. The number of furan rings is 1. The quantitative estimate of drug-likeness (QED) is 0.604. The second kappa shape index (κ2) is 3.57. The highest BCUT2D eigenvalue weighted by Crippen LogP contribution is 2.19. The van der Waals surface area contributed by atoms with Gasteiger partial charge in [-0.05, 0) is 24.3 Å². The van der Waals surface area contributed by atoms with E-state index in [4.69, 9.17) is 10.2 Å². The van der Waals surface area contributed by atoms with Gasteiger partial charge in [-0.15, -0.1) is 0 Å². The van der Waals surface area contributed by atoms with Crippen LogP contribution in [0.15, 0.2) is 41.0 Å². The Morgan fingerprint density at radius 1 is 1.27 bits per heavy atom. The summed E-state index contributed by atoms with van der Waals surface area (Å²) in [6, 6.07) is 7.19. The molecule has 0 spiro atoms. The molecule has 0 unspecified atom stereocenters.